The number of nitrogens with zero attached hydrogens (tertiary/aromatic N) is 4. The van der Waals surface area contributed by atoms with Gasteiger partial charge in [-0.2, -0.15) is 5.10 Å². The number of hydrogen-bond donors (Lipinski definition) is 0. The summed E-state index contributed by atoms with van der Waals surface area (Å²) in [7, 11) is 0. The minimum Gasteiger partial charge on any atom is -0.356 e. The fourth-order valence-corrected chi connectivity index (χ4v) is 3.38. The number of aromatic nitrogens is 3. The summed E-state index contributed by atoms with van der Waals surface area (Å²) in [6, 6.07) is 10.5. The molecule has 1 unspecified atom stereocenters. The van der Waals surface area contributed by atoms with E-state index in [1.807, 2.05) is 11.4 Å². The van der Waals surface area contributed by atoms with Crippen LogP contribution in [0.4, 0.5) is 5.82 Å². The molecule has 0 amide bonds. The van der Waals surface area contributed by atoms with Crippen LogP contribution in [0.15, 0.2) is 30.3 Å². The Morgan fingerprint density at radius 1 is 1.24 bits per heavy atom. The van der Waals surface area contributed by atoms with E-state index in [2.05, 4.69) is 47.3 Å². The molecule has 0 aliphatic carbocycles. The molecule has 4 nitrogen and oxygen atoms in total. The Bertz CT molecular complexity index is 805. The van der Waals surface area contributed by atoms with Crippen molar-refractivity contribution < 1.29 is 0 Å². The van der Waals surface area contributed by atoms with Crippen molar-refractivity contribution in [3.05, 3.63) is 36.0 Å². The van der Waals surface area contributed by atoms with Gasteiger partial charge in [0, 0.05) is 24.5 Å². The first kappa shape index (κ1) is 12.6. The van der Waals surface area contributed by atoms with Gasteiger partial charge >= 0.3 is 0 Å². The van der Waals surface area contributed by atoms with Crippen molar-refractivity contribution in [3.8, 4) is 0 Å². The Morgan fingerprint density at radius 3 is 2.95 bits per heavy atom. The number of benzene rings is 1. The molecule has 3 aromatic rings. The molecule has 4 rings (SSSR count). The molecule has 0 N–H and O–H groups in total. The Kier molecular flexibility index (Phi) is 2.84. The maximum Gasteiger partial charge on any atom is 0.158 e. The van der Waals surface area contributed by atoms with Crippen LogP contribution in [-0.4, -0.2) is 27.7 Å². The van der Waals surface area contributed by atoms with Crippen LogP contribution in [0.3, 0.4) is 0 Å². The highest BCUT2D eigenvalue weighted by Gasteiger charge is 2.20. The van der Waals surface area contributed by atoms with E-state index in [9.17, 15) is 0 Å². The lowest BCUT2D eigenvalue weighted by Gasteiger charge is -2.32. The summed E-state index contributed by atoms with van der Waals surface area (Å²) in [6.07, 6.45) is 2.57. The molecule has 0 bridgehead atoms. The van der Waals surface area contributed by atoms with E-state index >= 15 is 0 Å². The van der Waals surface area contributed by atoms with Crippen LogP contribution < -0.4 is 4.90 Å². The number of fused-ring (bicyclic) bond motifs is 3. The lowest BCUT2D eigenvalue weighted by atomic mass is 10.00. The molecule has 4 heteroatoms. The molecule has 2 aromatic heterocycles. The molecular weight excluding hydrogens is 260 g/mol. The summed E-state index contributed by atoms with van der Waals surface area (Å²) in [5, 5.41) is 5.77. The minimum absolute atomic E-state index is 0.738. The number of rotatable bonds is 1. The molecule has 1 atom stereocenters. The van der Waals surface area contributed by atoms with Crippen LogP contribution in [0.1, 0.15) is 25.5 Å². The molecule has 0 saturated carbocycles. The third kappa shape index (κ3) is 2.06. The number of para-hydroxylation sites is 1. The first-order chi connectivity index (χ1) is 10.2. The summed E-state index contributed by atoms with van der Waals surface area (Å²) in [6.45, 7) is 6.55. The molecular formula is C17H20N4. The maximum absolute atomic E-state index is 4.91. The van der Waals surface area contributed by atoms with E-state index in [1.165, 1.54) is 18.2 Å². The van der Waals surface area contributed by atoms with Gasteiger partial charge in [-0.15, -0.1) is 0 Å². The molecule has 1 saturated heterocycles. The van der Waals surface area contributed by atoms with Crippen molar-refractivity contribution in [2.24, 2.45) is 5.92 Å². The van der Waals surface area contributed by atoms with E-state index < -0.39 is 0 Å². The van der Waals surface area contributed by atoms with Gasteiger partial charge in [0.1, 0.15) is 5.82 Å². The largest absolute Gasteiger partial charge is 0.356 e. The zero-order chi connectivity index (χ0) is 14.4. The molecule has 21 heavy (non-hydrogen) atoms. The lowest BCUT2D eigenvalue weighted by Crippen LogP contribution is -2.35. The first-order valence-corrected chi connectivity index (χ1v) is 7.72. The van der Waals surface area contributed by atoms with Gasteiger partial charge in [0.25, 0.3) is 0 Å². The molecule has 1 aliphatic rings. The first-order valence-electron chi connectivity index (χ1n) is 7.72. The van der Waals surface area contributed by atoms with Gasteiger partial charge in [-0.3, -0.25) is 0 Å². The van der Waals surface area contributed by atoms with Gasteiger partial charge in [-0.1, -0.05) is 19.1 Å². The van der Waals surface area contributed by atoms with Crippen LogP contribution >= 0.6 is 0 Å². The van der Waals surface area contributed by atoms with Crippen molar-refractivity contribution in [2.75, 3.05) is 18.0 Å². The van der Waals surface area contributed by atoms with Gasteiger partial charge in [-0.25, -0.2) is 9.50 Å². The lowest BCUT2D eigenvalue weighted by molar-refractivity contribution is 0.445. The SMILES string of the molecule is Cc1cc2nc(N3CCCC(C)C3)c3ccccc3n2n1. The number of hydrogen-bond acceptors (Lipinski definition) is 3. The maximum atomic E-state index is 4.91. The van der Waals surface area contributed by atoms with Crippen molar-refractivity contribution >= 4 is 22.4 Å². The molecule has 1 fully saturated rings. The van der Waals surface area contributed by atoms with Crippen LogP contribution in [0.25, 0.3) is 16.6 Å². The van der Waals surface area contributed by atoms with E-state index in [-0.39, 0.29) is 0 Å². The number of aryl methyl sites for hydroxylation is 1. The number of piperidine rings is 1. The Labute approximate surface area is 124 Å². The molecule has 108 valence electrons. The van der Waals surface area contributed by atoms with Gasteiger partial charge in [0.05, 0.1) is 11.2 Å². The molecule has 0 radical (unpaired) electrons. The van der Waals surface area contributed by atoms with Crippen molar-refractivity contribution in [2.45, 2.75) is 26.7 Å². The van der Waals surface area contributed by atoms with E-state index in [1.54, 1.807) is 0 Å². The van der Waals surface area contributed by atoms with E-state index in [0.29, 0.717) is 0 Å². The fourth-order valence-electron chi connectivity index (χ4n) is 3.38. The highest BCUT2D eigenvalue weighted by Crippen LogP contribution is 2.29. The standard InChI is InChI=1S/C17H20N4/c1-12-6-5-9-20(11-12)17-14-7-3-4-8-15(14)21-16(18-17)10-13(2)19-21/h3-4,7-8,10,12H,5-6,9,11H2,1-2H3. The summed E-state index contributed by atoms with van der Waals surface area (Å²) >= 11 is 0. The summed E-state index contributed by atoms with van der Waals surface area (Å²) in [5.41, 5.74) is 3.10. The smallest absolute Gasteiger partial charge is 0.158 e. The zero-order valence-electron chi connectivity index (χ0n) is 12.6. The predicted octanol–water partition coefficient (Wildman–Crippen LogP) is 3.43. The monoisotopic (exact) mass is 280 g/mol. The third-order valence-corrected chi connectivity index (χ3v) is 4.36. The molecule has 0 spiro atoms. The van der Waals surface area contributed by atoms with E-state index in [0.717, 1.165) is 41.7 Å². The summed E-state index contributed by atoms with van der Waals surface area (Å²) in [5.74, 6) is 1.85. The minimum atomic E-state index is 0.738. The van der Waals surface area contributed by atoms with Crippen molar-refractivity contribution in [1.82, 2.24) is 14.6 Å². The number of anilines is 1. The average Bonchev–Trinajstić information content (AvgIpc) is 2.87. The topological polar surface area (TPSA) is 33.4 Å². The van der Waals surface area contributed by atoms with Gasteiger partial charge in [0.2, 0.25) is 0 Å². The highest BCUT2D eigenvalue weighted by atomic mass is 15.3. The molecule has 1 aromatic carbocycles. The predicted molar refractivity (Wildman–Crippen MR) is 85.8 cm³/mol. The molecule has 3 heterocycles. The summed E-state index contributed by atoms with van der Waals surface area (Å²) in [4.78, 5) is 7.35. The quantitative estimate of drug-likeness (QED) is 0.685. The Morgan fingerprint density at radius 2 is 2.10 bits per heavy atom. The molecule has 1 aliphatic heterocycles. The van der Waals surface area contributed by atoms with Crippen molar-refractivity contribution in [3.63, 3.8) is 0 Å². The van der Waals surface area contributed by atoms with Gasteiger partial charge < -0.3 is 4.90 Å². The van der Waals surface area contributed by atoms with Crippen molar-refractivity contribution in [1.29, 1.82) is 0 Å². The second kappa shape index (κ2) is 4.72. The van der Waals surface area contributed by atoms with Crippen LogP contribution in [0, 0.1) is 12.8 Å². The average molecular weight is 280 g/mol. The second-order valence-electron chi connectivity index (χ2n) is 6.20. The third-order valence-electron chi connectivity index (χ3n) is 4.36. The normalized spacial score (nSPS) is 19.5. The zero-order valence-corrected chi connectivity index (χ0v) is 12.6. The fraction of sp³-hybridized carbons (Fsp3) is 0.412. The Hall–Kier alpha value is -2.10. The second-order valence-corrected chi connectivity index (χ2v) is 6.20. The van der Waals surface area contributed by atoms with Crippen LogP contribution in [0.5, 0.6) is 0 Å². The van der Waals surface area contributed by atoms with Crippen LogP contribution in [-0.2, 0) is 0 Å². The van der Waals surface area contributed by atoms with Gasteiger partial charge in [0.15, 0.2) is 5.65 Å². The highest BCUT2D eigenvalue weighted by molar-refractivity contribution is 5.91. The van der Waals surface area contributed by atoms with Crippen LogP contribution in [0.2, 0.25) is 0 Å². The van der Waals surface area contributed by atoms with Gasteiger partial charge in [-0.05, 0) is 37.8 Å². The van der Waals surface area contributed by atoms with E-state index in [4.69, 9.17) is 4.98 Å². The summed E-state index contributed by atoms with van der Waals surface area (Å²) < 4.78 is 1.96. The Balaban J connectivity index is 1.97.